The van der Waals surface area contributed by atoms with Crippen LogP contribution in [-0.4, -0.2) is 66.0 Å². The number of aromatic amines is 1. The van der Waals surface area contributed by atoms with Crippen molar-refractivity contribution < 1.29 is 18.0 Å². The molecule has 10 heteroatoms. The van der Waals surface area contributed by atoms with E-state index >= 15 is 0 Å². The molecule has 1 aliphatic heterocycles. The number of H-pyrrole nitrogens is 1. The van der Waals surface area contributed by atoms with E-state index in [9.17, 15) is 22.8 Å². The summed E-state index contributed by atoms with van der Waals surface area (Å²) in [5.74, 6) is -1.26. The lowest BCUT2D eigenvalue weighted by molar-refractivity contribution is 0.0886. The Hall–Kier alpha value is -2.88. The quantitative estimate of drug-likeness (QED) is 0.600. The number of piperazine rings is 1. The number of carbonyl (C=O) groups is 1. The van der Waals surface area contributed by atoms with Gasteiger partial charge in [-0.3, -0.25) is 14.5 Å². The van der Waals surface area contributed by atoms with Gasteiger partial charge < -0.3 is 15.2 Å². The number of aryl methyl sites for hydroxylation is 1. The number of amides is 1. The van der Waals surface area contributed by atoms with Gasteiger partial charge in [0.25, 0.3) is 17.9 Å². The zero-order valence-corrected chi connectivity index (χ0v) is 19.2. The maximum absolute atomic E-state index is 14.6. The number of alkyl halides is 2. The van der Waals surface area contributed by atoms with E-state index in [-0.39, 0.29) is 11.3 Å². The zero-order valence-electron chi connectivity index (χ0n) is 19.2. The molecule has 2 aromatic rings. The molecule has 2 N–H and O–H groups in total. The number of nitrogens with one attached hydrogen (secondary N) is 2. The summed E-state index contributed by atoms with van der Waals surface area (Å²) in [6.07, 6.45) is 1.11. The molecule has 0 aromatic carbocycles. The third kappa shape index (κ3) is 5.43. The summed E-state index contributed by atoms with van der Waals surface area (Å²) in [7, 11) is 0. The Morgan fingerprint density at radius 2 is 1.94 bits per heavy atom. The molecule has 1 aliphatic carbocycles. The van der Waals surface area contributed by atoms with Crippen molar-refractivity contribution in [1.29, 1.82) is 0 Å². The van der Waals surface area contributed by atoms with Crippen molar-refractivity contribution in [1.82, 2.24) is 20.2 Å². The number of hydrogen-bond donors (Lipinski definition) is 2. The van der Waals surface area contributed by atoms with Gasteiger partial charge in [0.1, 0.15) is 5.69 Å². The average molecular weight is 478 g/mol. The van der Waals surface area contributed by atoms with Gasteiger partial charge >= 0.3 is 0 Å². The maximum atomic E-state index is 14.6. The molecule has 1 amide bonds. The van der Waals surface area contributed by atoms with Crippen LogP contribution in [0.4, 0.5) is 18.9 Å². The number of rotatable bonds is 7. The number of halogens is 3. The molecule has 184 valence electrons. The Morgan fingerprint density at radius 1 is 1.18 bits per heavy atom. The molecule has 1 saturated heterocycles. The van der Waals surface area contributed by atoms with Gasteiger partial charge in [-0.15, -0.1) is 0 Å². The van der Waals surface area contributed by atoms with Crippen LogP contribution in [0.15, 0.2) is 29.1 Å². The highest BCUT2D eigenvalue weighted by Gasteiger charge is 2.33. The van der Waals surface area contributed by atoms with Gasteiger partial charge in [0.05, 0.1) is 12.2 Å². The Balaban J connectivity index is 1.32. The molecule has 3 heterocycles. The van der Waals surface area contributed by atoms with Crippen LogP contribution in [0.1, 0.15) is 53.8 Å². The summed E-state index contributed by atoms with van der Waals surface area (Å²) in [4.78, 5) is 35.1. The fraction of sp³-hybridized carbons (Fsp3) is 0.542. The highest BCUT2D eigenvalue weighted by molar-refractivity contribution is 5.92. The first-order valence-electron chi connectivity index (χ1n) is 11.8. The van der Waals surface area contributed by atoms with Crippen LogP contribution in [0, 0.1) is 5.95 Å². The second-order valence-electron chi connectivity index (χ2n) is 8.92. The molecule has 34 heavy (non-hydrogen) atoms. The Labute approximate surface area is 196 Å². The summed E-state index contributed by atoms with van der Waals surface area (Å²) in [5.41, 5.74) is 1.91. The number of anilines is 1. The van der Waals surface area contributed by atoms with Crippen LogP contribution < -0.4 is 15.8 Å². The highest BCUT2D eigenvalue weighted by atomic mass is 19.3. The molecular weight excluding hydrogens is 447 g/mol. The normalized spacial score (nSPS) is 21.3. The summed E-state index contributed by atoms with van der Waals surface area (Å²) in [5, 5.41) is 2.03. The van der Waals surface area contributed by atoms with Crippen molar-refractivity contribution in [2.24, 2.45) is 0 Å². The maximum Gasteiger partial charge on any atom is 0.270 e. The van der Waals surface area contributed by atoms with E-state index < -0.39 is 24.8 Å². The van der Waals surface area contributed by atoms with Crippen LogP contribution in [0.2, 0.25) is 0 Å². The number of hydrogen-bond acceptors (Lipinski definition) is 5. The van der Waals surface area contributed by atoms with Crippen molar-refractivity contribution >= 4 is 11.6 Å². The van der Waals surface area contributed by atoms with E-state index in [4.69, 9.17) is 0 Å². The minimum Gasteiger partial charge on any atom is -0.365 e. The van der Waals surface area contributed by atoms with Gasteiger partial charge in [-0.2, -0.15) is 4.39 Å². The monoisotopic (exact) mass is 477 g/mol. The lowest BCUT2D eigenvalue weighted by Crippen LogP contribution is -2.50. The van der Waals surface area contributed by atoms with Crippen LogP contribution >= 0.6 is 0 Å². The number of nitrogens with zero attached hydrogens (tertiary/aromatic N) is 3. The predicted octanol–water partition coefficient (Wildman–Crippen LogP) is 2.92. The van der Waals surface area contributed by atoms with Gasteiger partial charge in [-0.05, 0) is 43.9 Å². The van der Waals surface area contributed by atoms with Gasteiger partial charge in [-0.25, -0.2) is 13.8 Å². The molecule has 2 aromatic heterocycles. The molecular formula is C24H30F3N5O2. The highest BCUT2D eigenvalue weighted by Crippen LogP contribution is 2.36. The standard InChI is InChI=1S/C24H30F3N5O2/c1-2-15-4-6-18(30-23(15)33)16-3-5-17(13-16)31-9-11-32(12-10-31)20-8-7-19(29-22(20)27)24(34)28-14-21(25)26/h4,6-8,16-17,21H,2-3,5,9-14H2,1H3,(H,28,34)(H,30,33)/t16-,17+/m1/s1. The lowest BCUT2D eigenvalue weighted by atomic mass is 10.0. The van der Waals surface area contributed by atoms with Gasteiger partial charge in [0.15, 0.2) is 0 Å². The van der Waals surface area contributed by atoms with Gasteiger partial charge in [-0.1, -0.05) is 13.0 Å². The summed E-state index contributed by atoms with van der Waals surface area (Å²) in [6.45, 7) is 3.97. The topological polar surface area (TPSA) is 81.3 Å². The molecule has 0 unspecified atom stereocenters. The zero-order chi connectivity index (χ0) is 24.2. The van der Waals surface area contributed by atoms with Crippen molar-refractivity contribution in [2.75, 3.05) is 37.6 Å². The summed E-state index contributed by atoms with van der Waals surface area (Å²) in [6, 6.07) is 7.23. The van der Waals surface area contributed by atoms with Gasteiger partial charge in [0, 0.05) is 49.4 Å². The number of pyridine rings is 2. The molecule has 2 aliphatic rings. The van der Waals surface area contributed by atoms with E-state index in [0.29, 0.717) is 30.7 Å². The van der Waals surface area contributed by atoms with Crippen molar-refractivity contribution in [3.8, 4) is 0 Å². The van der Waals surface area contributed by atoms with Crippen LogP contribution in [0.5, 0.6) is 0 Å². The second kappa shape index (κ2) is 10.6. The summed E-state index contributed by atoms with van der Waals surface area (Å²) >= 11 is 0. The molecule has 0 radical (unpaired) electrons. The fourth-order valence-electron chi connectivity index (χ4n) is 4.99. The molecule has 7 nitrogen and oxygen atoms in total. The number of carbonyl (C=O) groups excluding carboxylic acids is 1. The SMILES string of the molecule is CCc1ccc([C@@H]2CC[C@H](N3CCN(c4ccc(C(=O)NCC(F)F)nc4F)CC3)C2)[nH]c1=O. The van der Waals surface area contributed by atoms with Crippen molar-refractivity contribution in [3.63, 3.8) is 0 Å². The summed E-state index contributed by atoms with van der Waals surface area (Å²) < 4.78 is 39.1. The third-order valence-corrected chi connectivity index (χ3v) is 6.89. The van der Waals surface area contributed by atoms with E-state index in [0.717, 1.165) is 50.0 Å². The predicted molar refractivity (Wildman–Crippen MR) is 123 cm³/mol. The van der Waals surface area contributed by atoms with E-state index in [1.165, 1.54) is 12.1 Å². The minimum absolute atomic E-state index is 0.00484. The lowest BCUT2D eigenvalue weighted by Gasteiger charge is -2.39. The first-order valence-corrected chi connectivity index (χ1v) is 11.8. The van der Waals surface area contributed by atoms with Crippen molar-refractivity contribution in [2.45, 2.75) is 51.0 Å². The Kier molecular flexibility index (Phi) is 7.55. The average Bonchev–Trinajstić information content (AvgIpc) is 3.33. The van der Waals surface area contributed by atoms with Crippen LogP contribution in [0.3, 0.4) is 0 Å². The second-order valence-corrected chi connectivity index (χ2v) is 8.92. The number of aromatic nitrogens is 2. The van der Waals surface area contributed by atoms with Crippen molar-refractivity contribution in [3.05, 3.63) is 57.5 Å². The van der Waals surface area contributed by atoms with Gasteiger partial charge in [0.2, 0.25) is 5.95 Å². The van der Waals surface area contributed by atoms with Crippen LogP contribution in [-0.2, 0) is 6.42 Å². The molecule has 2 atom stereocenters. The van der Waals surface area contributed by atoms with Crippen LogP contribution in [0.25, 0.3) is 0 Å². The molecule has 2 fully saturated rings. The van der Waals surface area contributed by atoms with E-state index in [1.54, 1.807) is 0 Å². The first kappa shape index (κ1) is 24.3. The molecule has 4 rings (SSSR count). The molecule has 0 spiro atoms. The minimum atomic E-state index is -2.68. The third-order valence-electron chi connectivity index (χ3n) is 6.89. The van der Waals surface area contributed by atoms with E-state index in [2.05, 4.69) is 14.9 Å². The first-order chi connectivity index (χ1) is 16.4. The Morgan fingerprint density at radius 3 is 2.59 bits per heavy atom. The molecule has 1 saturated carbocycles. The van der Waals surface area contributed by atoms with E-state index in [1.807, 2.05) is 29.3 Å². The largest absolute Gasteiger partial charge is 0.365 e. The Bertz CT molecular complexity index is 1070. The smallest absolute Gasteiger partial charge is 0.270 e. The fourth-order valence-corrected chi connectivity index (χ4v) is 4.99. The molecule has 0 bridgehead atoms.